The molecule has 3 aromatic carbocycles. The van der Waals surface area contributed by atoms with Crippen molar-refractivity contribution in [2.24, 2.45) is 0 Å². The number of anilines is 2. The molecular weight excluding hydrogens is 466 g/mol. The quantitative estimate of drug-likeness (QED) is 0.291. The SMILES string of the molecule is CC(C)(C)c1ccc(-c2c(Nc3ccccc3)ccc3c(C(F)(F)F)cc(C(F)(F)F)nc23)cc1. The van der Waals surface area contributed by atoms with Crippen LogP contribution >= 0.6 is 0 Å². The van der Waals surface area contributed by atoms with Crippen LogP contribution in [-0.4, -0.2) is 4.98 Å². The van der Waals surface area contributed by atoms with Crippen molar-refractivity contribution >= 4 is 22.3 Å². The zero-order valence-electron chi connectivity index (χ0n) is 19.1. The minimum absolute atomic E-state index is 0.0686. The Bertz CT molecular complexity index is 1350. The average Bonchev–Trinajstić information content (AvgIpc) is 2.77. The van der Waals surface area contributed by atoms with Crippen molar-refractivity contribution in [3.63, 3.8) is 0 Å². The summed E-state index contributed by atoms with van der Waals surface area (Å²) in [5.74, 6) is 0. The number of pyridine rings is 1. The Morgan fingerprint density at radius 2 is 1.34 bits per heavy atom. The van der Waals surface area contributed by atoms with Gasteiger partial charge in [0.05, 0.1) is 11.1 Å². The fourth-order valence-corrected chi connectivity index (χ4v) is 3.88. The van der Waals surface area contributed by atoms with Crippen LogP contribution in [0.2, 0.25) is 0 Å². The zero-order valence-corrected chi connectivity index (χ0v) is 19.1. The Kier molecular flexibility index (Phi) is 6.03. The summed E-state index contributed by atoms with van der Waals surface area (Å²) in [4.78, 5) is 3.71. The third-order valence-electron chi connectivity index (χ3n) is 5.67. The molecule has 0 radical (unpaired) electrons. The Morgan fingerprint density at radius 3 is 1.89 bits per heavy atom. The highest BCUT2D eigenvalue weighted by atomic mass is 19.4. The lowest BCUT2D eigenvalue weighted by atomic mass is 9.86. The van der Waals surface area contributed by atoms with E-state index in [1.165, 1.54) is 6.07 Å². The molecule has 1 heterocycles. The Balaban J connectivity index is 2.06. The average molecular weight is 488 g/mol. The van der Waals surface area contributed by atoms with Crippen molar-refractivity contribution in [2.75, 3.05) is 5.32 Å². The number of hydrogen-bond donors (Lipinski definition) is 1. The minimum atomic E-state index is -5.05. The van der Waals surface area contributed by atoms with Crippen LogP contribution in [0, 0.1) is 0 Å². The molecule has 4 rings (SSSR count). The van der Waals surface area contributed by atoms with E-state index < -0.39 is 29.0 Å². The second-order valence-electron chi connectivity index (χ2n) is 9.25. The van der Waals surface area contributed by atoms with Gasteiger partial charge in [-0.1, -0.05) is 69.3 Å². The predicted molar refractivity (Wildman–Crippen MR) is 126 cm³/mol. The van der Waals surface area contributed by atoms with E-state index in [9.17, 15) is 26.3 Å². The molecule has 0 atom stereocenters. The maximum atomic E-state index is 13.8. The van der Waals surface area contributed by atoms with E-state index in [1.807, 2.05) is 32.9 Å². The van der Waals surface area contributed by atoms with Crippen molar-refractivity contribution in [2.45, 2.75) is 38.5 Å². The van der Waals surface area contributed by atoms with Crippen LogP contribution in [0.3, 0.4) is 0 Å². The van der Waals surface area contributed by atoms with Gasteiger partial charge in [0.15, 0.2) is 0 Å². The van der Waals surface area contributed by atoms with E-state index in [-0.39, 0.29) is 22.6 Å². The number of nitrogens with zero attached hydrogens (tertiary/aromatic N) is 1. The van der Waals surface area contributed by atoms with Gasteiger partial charge in [0.25, 0.3) is 0 Å². The van der Waals surface area contributed by atoms with Crippen molar-refractivity contribution in [3.8, 4) is 11.1 Å². The first kappa shape index (κ1) is 24.6. The zero-order chi connectivity index (χ0) is 25.6. The lowest BCUT2D eigenvalue weighted by Gasteiger charge is -2.21. The summed E-state index contributed by atoms with van der Waals surface area (Å²) < 4.78 is 82.3. The standard InChI is InChI=1S/C27H22F6N2/c1-25(2,3)17-11-9-16(10-12-17)23-21(34-18-7-5-4-6-8-18)14-13-19-20(26(28,29)30)15-22(27(31,32)33)35-24(19)23/h4-15,34H,1-3H3. The Morgan fingerprint density at radius 1 is 0.714 bits per heavy atom. The minimum Gasteiger partial charge on any atom is -0.355 e. The lowest BCUT2D eigenvalue weighted by Crippen LogP contribution is -2.14. The summed E-state index contributed by atoms with van der Waals surface area (Å²) >= 11 is 0. The summed E-state index contributed by atoms with van der Waals surface area (Å²) in [6.45, 7) is 6.03. The van der Waals surface area contributed by atoms with Gasteiger partial charge in [-0.15, -0.1) is 0 Å². The van der Waals surface area contributed by atoms with Crippen LogP contribution in [0.4, 0.5) is 37.7 Å². The van der Waals surface area contributed by atoms with Gasteiger partial charge < -0.3 is 5.32 Å². The topological polar surface area (TPSA) is 24.9 Å². The van der Waals surface area contributed by atoms with Crippen molar-refractivity contribution < 1.29 is 26.3 Å². The molecule has 0 spiro atoms. The van der Waals surface area contributed by atoms with E-state index in [4.69, 9.17) is 0 Å². The van der Waals surface area contributed by atoms with Crippen LogP contribution < -0.4 is 5.32 Å². The van der Waals surface area contributed by atoms with Crippen molar-refractivity contribution in [1.82, 2.24) is 4.98 Å². The molecule has 0 aliphatic rings. The highest BCUT2D eigenvalue weighted by Gasteiger charge is 2.39. The molecule has 1 aromatic heterocycles. The van der Waals surface area contributed by atoms with Gasteiger partial charge in [-0.2, -0.15) is 26.3 Å². The fraction of sp³-hybridized carbons (Fsp3) is 0.222. The number of fused-ring (bicyclic) bond motifs is 1. The molecule has 0 aliphatic carbocycles. The van der Waals surface area contributed by atoms with E-state index >= 15 is 0 Å². The molecule has 2 nitrogen and oxygen atoms in total. The molecule has 0 fully saturated rings. The van der Waals surface area contributed by atoms with Crippen molar-refractivity contribution in [3.05, 3.63) is 89.6 Å². The highest BCUT2D eigenvalue weighted by Crippen LogP contribution is 2.44. The van der Waals surface area contributed by atoms with Crippen LogP contribution in [0.25, 0.3) is 22.0 Å². The van der Waals surface area contributed by atoms with Crippen molar-refractivity contribution in [1.29, 1.82) is 0 Å². The lowest BCUT2D eigenvalue weighted by molar-refractivity contribution is -0.144. The summed E-state index contributed by atoms with van der Waals surface area (Å²) in [6, 6.07) is 18.5. The number of alkyl halides is 6. The smallest absolute Gasteiger partial charge is 0.355 e. The van der Waals surface area contributed by atoms with Gasteiger partial charge >= 0.3 is 12.4 Å². The molecule has 4 aromatic rings. The molecule has 0 aliphatic heterocycles. The number of hydrogen-bond acceptors (Lipinski definition) is 2. The molecule has 0 saturated heterocycles. The van der Waals surface area contributed by atoms with Gasteiger partial charge in [0.1, 0.15) is 5.69 Å². The number of halogens is 6. The number of aromatic nitrogens is 1. The molecule has 0 amide bonds. The number of para-hydroxylation sites is 1. The third kappa shape index (κ3) is 5.11. The summed E-state index contributed by atoms with van der Waals surface area (Å²) in [5, 5.41) is 2.72. The molecule has 0 unspecified atom stereocenters. The third-order valence-corrected chi connectivity index (χ3v) is 5.67. The molecule has 0 saturated carbocycles. The number of nitrogens with one attached hydrogen (secondary N) is 1. The van der Waals surface area contributed by atoms with E-state index in [2.05, 4.69) is 10.3 Å². The number of benzene rings is 3. The largest absolute Gasteiger partial charge is 0.433 e. The first-order valence-electron chi connectivity index (χ1n) is 10.8. The van der Waals surface area contributed by atoms with Crippen LogP contribution in [0.1, 0.15) is 37.6 Å². The maximum absolute atomic E-state index is 13.8. The van der Waals surface area contributed by atoms with Crippen LogP contribution in [-0.2, 0) is 17.8 Å². The first-order chi connectivity index (χ1) is 16.2. The monoisotopic (exact) mass is 488 g/mol. The Labute approximate surface area is 198 Å². The van der Waals surface area contributed by atoms with Gasteiger partial charge in [-0.05, 0) is 40.8 Å². The number of rotatable bonds is 3. The van der Waals surface area contributed by atoms with Crippen LogP contribution in [0.5, 0.6) is 0 Å². The predicted octanol–water partition coefficient (Wildman–Crippen LogP) is 8.98. The molecular formula is C27H22F6N2. The van der Waals surface area contributed by atoms with E-state index in [1.54, 1.807) is 42.5 Å². The fourth-order valence-electron chi connectivity index (χ4n) is 3.88. The maximum Gasteiger partial charge on any atom is 0.433 e. The van der Waals surface area contributed by atoms with Gasteiger partial charge in [0, 0.05) is 22.3 Å². The summed E-state index contributed by atoms with van der Waals surface area (Å²) in [6.07, 6.45) is -10.0. The van der Waals surface area contributed by atoms with Crippen LogP contribution in [0.15, 0.2) is 72.8 Å². The summed E-state index contributed by atoms with van der Waals surface area (Å²) in [5.41, 5.74) is -1.00. The molecule has 0 bridgehead atoms. The molecule has 182 valence electrons. The van der Waals surface area contributed by atoms with Gasteiger partial charge in [0.2, 0.25) is 0 Å². The second kappa shape index (κ2) is 8.59. The molecule has 35 heavy (non-hydrogen) atoms. The Hall–Kier alpha value is -3.55. The normalized spacial score (nSPS) is 12.7. The van der Waals surface area contributed by atoms with Gasteiger partial charge in [-0.3, -0.25) is 0 Å². The second-order valence-corrected chi connectivity index (χ2v) is 9.25. The molecule has 1 N–H and O–H groups in total. The van der Waals surface area contributed by atoms with E-state index in [0.717, 1.165) is 11.6 Å². The summed E-state index contributed by atoms with van der Waals surface area (Å²) in [7, 11) is 0. The molecule has 8 heteroatoms. The first-order valence-corrected chi connectivity index (χ1v) is 10.8. The van der Waals surface area contributed by atoms with Gasteiger partial charge in [-0.25, -0.2) is 4.98 Å². The van der Waals surface area contributed by atoms with E-state index in [0.29, 0.717) is 16.9 Å². The highest BCUT2D eigenvalue weighted by molar-refractivity contribution is 6.02.